The Labute approximate surface area is 165 Å². The monoisotopic (exact) mass is 407 g/mol. The minimum Gasteiger partial charge on any atom is -0.337 e. The first-order chi connectivity index (χ1) is 13.7. The first-order valence-corrected chi connectivity index (χ1v) is 9.04. The van der Waals surface area contributed by atoms with Crippen LogP contribution in [0.3, 0.4) is 0 Å². The number of aromatic nitrogens is 2. The van der Waals surface area contributed by atoms with Crippen molar-refractivity contribution in [2.24, 2.45) is 0 Å². The lowest BCUT2D eigenvalue weighted by atomic mass is 10.0. The Bertz CT molecular complexity index is 881. The molecule has 3 amide bonds. The molecule has 0 spiro atoms. The van der Waals surface area contributed by atoms with Crippen LogP contribution in [0.25, 0.3) is 0 Å². The van der Waals surface area contributed by atoms with Gasteiger partial charge in [-0.3, -0.25) is 9.78 Å². The van der Waals surface area contributed by atoms with Crippen molar-refractivity contribution in [1.82, 2.24) is 20.2 Å². The van der Waals surface area contributed by atoms with Gasteiger partial charge >= 0.3 is 12.2 Å². The number of alkyl halides is 3. The van der Waals surface area contributed by atoms with E-state index in [-0.39, 0.29) is 23.3 Å². The quantitative estimate of drug-likeness (QED) is 0.818. The number of hydrogen-bond donors (Lipinski definition) is 2. The fourth-order valence-corrected chi connectivity index (χ4v) is 3.17. The summed E-state index contributed by atoms with van der Waals surface area (Å²) in [6.07, 6.45) is 0.902. The minimum atomic E-state index is -4.48. The number of halogens is 3. The van der Waals surface area contributed by atoms with Gasteiger partial charge in [0.15, 0.2) is 0 Å². The number of benzene rings is 1. The van der Waals surface area contributed by atoms with E-state index in [1.165, 1.54) is 31.6 Å². The van der Waals surface area contributed by atoms with Crippen LogP contribution >= 0.6 is 0 Å². The summed E-state index contributed by atoms with van der Waals surface area (Å²) in [5, 5.41) is 5.20. The maximum Gasteiger partial charge on any atom is 0.416 e. The van der Waals surface area contributed by atoms with Gasteiger partial charge < -0.3 is 15.5 Å². The zero-order valence-electron chi connectivity index (χ0n) is 15.7. The first kappa shape index (κ1) is 20.6. The van der Waals surface area contributed by atoms with Gasteiger partial charge in [-0.15, -0.1) is 0 Å². The van der Waals surface area contributed by atoms with Crippen LogP contribution in [0.1, 0.15) is 34.5 Å². The fourth-order valence-electron chi connectivity index (χ4n) is 3.17. The van der Waals surface area contributed by atoms with E-state index in [2.05, 4.69) is 20.6 Å². The van der Waals surface area contributed by atoms with E-state index in [0.717, 1.165) is 12.1 Å². The van der Waals surface area contributed by atoms with Gasteiger partial charge in [-0.05, 0) is 43.5 Å². The number of nitrogens with one attached hydrogen (secondary N) is 2. The largest absolute Gasteiger partial charge is 0.416 e. The van der Waals surface area contributed by atoms with E-state index in [4.69, 9.17) is 0 Å². The van der Waals surface area contributed by atoms with Gasteiger partial charge in [0.05, 0.1) is 11.8 Å². The Morgan fingerprint density at radius 3 is 2.48 bits per heavy atom. The summed E-state index contributed by atoms with van der Waals surface area (Å²) in [5.41, 5.74) is -0.0868. The number of amides is 3. The molecule has 1 aliphatic heterocycles. The van der Waals surface area contributed by atoms with Crippen molar-refractivity contribution in [1.29, 1.82) is 0 Å². The number of urea groups is 1. The van der Waals surface area contributed by atoms with Crippen LogP contribution in [0.4, 0.5) is 23.7 Å². The predicted molar refractivity (Wildman–Crippen MR) is 99.3 cm³/mol. The number of nitrogens with zero attached hydrogens (tertiary/aromatic N) is 3. The molecule has 2 aromatic rings. The SMILES string of the molecule is Cc1cc(NC(=O)NC2CCN(C(=O)c3cnccn3)CC2)cc(C(F)(F)F)c1. The molecule has 2 heterocycles. The molecular formula is C19H20F3N5O2. The number of hydrogen-bond acceptors (Lipinski definition) is 4. The molecule has 1 fully saturated rings. The summed E-state index contributed by atoms with van der Waals surface area (Å²) in [4.78, 5) is 34.0. The average Bonchev–Trinajstić information content (AvgIpc) is 2.67. The molecule has 154 valence electrons. The van der Waals surface area contributed by atoms with E-state index in [9.17, 15) is 22.8 Å². The van der Waals surface area contributed by atoms with Crippen LogP contribution < -0.4 is 10.6 Å². The van der Waals surface area contributed by atoms with E-state index in [0.29, 0.717) is 31.5 Å². The molecule has 0 radical (unpaired) electrons. The van der Waals surface area contributed by atoms with Gasteiger partial charge in [0, 0.05) is 37.2 Å². The summed E-state index contributed by atoms with van der Waals surface area (Å²) in [6, 6.07) is 2.62. The van der Waals surface area contributed by atoms with Gasteiger partial charge in [-0.2, -0.15) is 13.2 Å². The van der Waals surface area contributed by atoms with E-state index in [1.807, 2.05) is 0 Å². The van der Waals surface area contributed by atoms with Crippen molar-refractivity contribution in [3.63, 3.8) is 0 Å². The molecule has 1 aromatic carbocycles. The molecule has 3 rings (SSSR count). The van der Waals surface area contributed by atoms with Gasteiger partial charge in [0.2, 0.25) is 0 Å². The van der Waals surface area contributed by atoms with Crippen molar-refractivity contribution in [3.8, 4) is 0 Å². The zero-order valence-corrected chi connectivity index (χ0v) is 15.7. The highest BCUT2D eigenvalue weighted by molar-refractivity contribution is 5.92. The molecule has 2 N–H and O–H groups in total. The normalized spacial score (nSPS) is 15.1. The van der Waals surface area contributed by atoms with Gasteiger partial charge in [-0.1, -0.05) is 0 Å². The highest BCUT2D eigenvalue weighted by Gasteiger charge is 2.31. The number of carbonyl (C=O) groups excluding carboxylic acids is 2. The summed E-state index contributed by atoms with van der Waals surface area (Å²) < 4.78 is 38.7. The minimum absolute atomic E-state index is 0.0742. The van der Waals surface area contributed by atoms with Crippen LogP contribution in [0.2, 0.25) is 0 Å². The number of piperidine rings is 1. The standard InChI is InChI=1S/C19H20F3N5O2/c1-12-8-13(19(20,21)22)10-15(9-12)26-18(29)25-14-2-6-27(7-3-14)17(28)16-11-23-4-5-24-16/h4-5,8-11,14H,2-3,6-7H2,1H3,(H2,25,26,29). The van der Waals surface area contributed by atoms with Crippen molar-refractivity contribution < 1.29 is 22.8 Å². The molecule has 0 aliphatic carbocycles. The predicted octanol–water partition coefficient (Wildman–Crippen LogP) is 3.23. The van der Waals surface area contributed by atoms with Crippen LogP contribution in [0.5, 0.6) is 0 Å². The summed E-state index contributed by atoms with van der Waals surface area (Å²) in [5.74, 6) is -0.222. The Hall–Kier alpha value is -3.17. The molecule has 1 saturated heterocycles. The third kappa shape index (κ3) is 5.43. The lowest BCUT2D eigenvalue weighted by Gasteiger charge is -2.32. The molecule has 0 bridgehead atoms. The molecule has 0 saturated carbocycles. The number of likely N-dealkylation sites (tertiary alicyclic amines) is 1. The lowest BCUT2D eigenvalue weighted by Crippen LogP contribution is -2.47. The maximum atomic E-state index is 12.9. The van der Waals surface area contributed by atoms with Crippen LogP contribution in [-0.2, 0) is 6.18 Å². The first-order valence-electron chi connectivity index (χ1n) is 9.04. The molecule has 1 aromatic heterocycles. The number of aryl methyl sites for hydroxylation is 1. The Morgan fingerprint density at radius 1 is 1.14 bits per heavy atom. The second-order valence-corrected chi connectivity index (χ2v) is 6.84. The number of rotatable bonds is 3. The third-order valence-corrected chi connectivity index (χ3v) is 4.56. The highest BCUT2D eigenvalue weighted by Crippen LogP contribution is 2.31. The smallest absolute Gasteiger partial charge is 0.337 e. The highest BCUT2D eigenvalue weighted by atomic mass is 19.4. The van der Waals surface area contributed by atoms with Crippen molar-refractivity contribution >= 4 is 17.6 Å². The third-order valence-electron chi connectivity index (χ3n) is 4.56. The average molecular weight is 407 g/mol. The van der Waals surface area contributed by atoms with Crippen LogP contribution in [0, 0.1) is 6.92 Å². The fraction of sp³-hybridized carbons (Fsp3) is 0.368. The molecular weight excluding hydrogens is 387 g/mol. The van der Waals surface area contributed by atoms with Crippen molar-refractivity contribution in [3.05, 3.63) is 53.6 Å². The second kappa shape index (κ2) is 8.46. The molecule has 10 heteroatoms. The topological polar surface area (TPSA) is 87.2 Å². The maximum absolute atomic E-state index is 12.9. The summed E-state index contributed by atoms with van der Waals surface area (Å²) in [6.45, 7) is 2.40. The van der Waals surface area contributed by atoms with Crippen molar-refractivity contribution in [2.75, 3.05) is 18.4 Å². The second-order valence-electron chi connectivity index (χ2n) is 6.84. The van der Waals surface area contributed by atoms with Gasteiger partial charge in [0.25, 0.3) is 5.91 Å². The lowest BCUT2D eigenvalue weighted by molar-refractivity contribution is -0.137. The number of carbonyl (C=O) groups is 2. The summed E-state index contributed by atoms with van der Waals surface area (Å²) >= 11 is 0. The molecule has 29 heavy (non-hydrogen) atoms. The van der Waals surface area contributed by atoms with Crippen molar-refractivity contribution in [2.45, 2.75) is 32.0 Å². The van der Waals surface area contributed by atoms with Gasteiger partial charge in [0.1, 0.15) is 5.69 Å². The molecule has 0 atom stereocenters. The van der Waals surface area contributed by atoms with E-state index < -0.39 is 17.8 Å². The van der Waals surface area contributed by atoms with Crippen LogP contribution in [0.15, 0.2) is 36.8 Å². The summed E-state index contributed by atoms with van der Waals surface area (Å²) in [7, 11) is 0. The van der Waals surface area contributed by atoms with E-state index >= 15 is 0 Å². The molecule has 0 unspecified atom stereocenters. The van der Waals surface area contributed by atoms with E-state index in [1.54, 1.807) is 4.90 Å². The van der Waals surface area contributed by atoms with Gasteiger partial charge in [-0.25, -0.2) is 9.78 Å². The Morgan fingerprint density at radius 2 is 1.86 bits per heavy atom. The zero-order chi connectivity index (χ0) is 21.0. The Balaban J connectivity index is 1.53. The molecule has 1 aliphatic rings. The van der Waals surface area contributed by atoms with Crippen LogP contribution in [-0.4, -0.2) is 45.9 Å². The molecule has 7 nitrogen and oxygen atoms in total. The Kier molecular flexibility index (Phi) is 6.00. The number of anilines is 1.